The summed E-state index contributed by atoms with van der Waals surface area (Å²) in [6.45, 7) is 4.78. The molecule has 0 radical (unpaired) electrons. The number of carbonyl (C=O) groups is 1. The Balaban J connectivity index is 1.61. The van der Waals surface area contributed by atoms with E-state index in [1.807, 2.05) is 0 Å². The second kappa shape index (κ2) is 7.23. The molecule has 1 aliphatic heterocycles. The van der Waals surface area contributed by atoms with E-state index in [0.29, 0.717) is 54.6 Å². The van der Waals surface area contributed by atoms with Crippen molar-refractivity contribution in [3.8, 4) is 0 Å². The molecular weight excluding hydrogens is 331 g/mol. The Kier molecular flexibility index (Phi) is 5.06. The fraction of sp³-hybridized carbons (Fsp3) is 0.353. The highest BCUT2D eigenvalue weighted by Crippen LogP contribution is 2.21. The van der Waals surface area contributed by atoms with Gasteiger partial charge >= 0.3 is 0 Å². The number of carbonyl (C=O) groups excluding carboxylic acids is 1. The first-order valence-electron chi connectivity index (χ1n) is 7.78. The maximum Gasteiger partial charge on any atom is 0.255 e. The van der Waals surface area contributed by atoms with Gasteiger partial charge in [0.15, 0.2) is 0 Å². The Bertz CT molecular complexity index is 727. The molecule has 1 fully saturated rings. The van der Waals surface area contributed by atoms with Crippen LogP contribution in [0.1, 0.15) is 21.6 Å². The first-order valence-corrected chi connectivity index (χ1v) is 8.16. The zero-order valence-electron chi connectivity index (χ0n) is 13.4. The van der Waals surface area contributed by atoms with Crippen molar-refractivity contribution in [3.63, 3.8) is 0 Å². The normalized spacial score (nSPS) is 15.5. The Hall–Kier alpha value is -2.05. The van der Waals surface area contributed by atoms with E-state index < -0.39 is 0 Å². The molecule has 0 unspecified atom stereocenters. The SMILES string of the molecule is Cc1cc(C(=O)N2CCN(Cc3c(F)cccc3Cl)CC2)cnn1. The second-order valence-electron chi connectivity index (χ2n) is 5.85. The zero-order chi connectivity index (χ0) is 17.1. The van der Waals surface area contributed by atoms with Crippen molar-refractivity contribution in [2.75, 3.05) is 26.2 Å². The third-order valence-electron chi connectivity index (χ3n) is 4.13. The third kappa shape index (κ3) is 3.71. The first-order chi connectivity index (χ1) is 11.5. The summed E-state index contributed by atoms with van der Waals surface area (Å²) in [4.78, 5) is 16.4. The minimum absolute atomic E-state index is 0.0448. The van der Waals surface area contributed by atoms with Gasteiger partial charge in [-0.1, -0.05) is 17.7 Å². The molecule has 24 heavy (non-hydrogen) atoms. The highest BCUT2D eigenvalue weighted by Gasteiger charge is 2.23. The van der Waals surface area contributed by atoms with Gasteiger partial charge in [-0.05, 0) is 25.1 Å². The summed E-state index contributed by atoms with van der Waals surface area (Å²) >= 11 is 6.08. The molecular formula is C17H18ClFN4O. The minimum atomic E-state index is -0.292. The lowest BCUT2D eigenvalue weighted by Gasteiger charge is -2.35. The van der Waals surface area contributed by atoms with Crippen LogP contribution in [0.3, 0.4) is 0 Å². The summed E-state index contributed by atoms with van der Waals surface area (Å²) in [6.07, 6.45) is 1.49. The van der Waals surface area contributed by atoms with Crippen LogP contribution in [-0.2, 0) is 6.54 Å². The Morgan fingerprint density at radius 3 is 2.71 bits per heavy atom. The number of piperazine rings is 1. The maximum atomic E-state index is 13.9. The van der Waals surface area contributed by atoms with Gasteiger partial charge in [-0.2, -0.15) is 10.2 Å². The van der Waals surface area contributed by atoms with Crippen LogP contribution in [0.5, 0.6) is 0 Å². The van der Waals surface area contributed by atoms with Crippen molar-refractivity contribution in [2.24, 2.45) is 0 Å². The van der Waals surface area contributed by atoms with Crippen LogP contribution in [0.2, 0.25) is 5.02 Å². The van der Waals surface area contributed by atoms with E-state index in [-0.39, 0.29) is 11.7 Å². The van der Waals surface area contributed by atoms with Gasteiger partial charge in [0.05, 0.1) is 17.5 Å². The number of halogens is 2. The van der Waals surface area contributed by atoms with Crippen molar-refractivity contribution in [3.05, 3.63) is 58.1 Å². The first kappa shape index (κ1) is 16.8. The lowest BCUT2D eigenvalue weighted by atomic mass is 10.1. The number of hydrogen-bond acceptors (Lipinski definition) is 4. The van der Waals surface area contributed by atoms with Gasteiger partial charge in [-0.15, -0.1) is 0 Å². The van der Waals surface area contributed by atoms with E-state index in [1.54, 1.807) is 30.0 Å². The molecule has 2 aromatic rings. The summed E-state index contributed by atoms with van der Waals surface area (Å²) in [5.41, 5.74) is 1.77. The Morgan fingerprint density at radius 1 is 1.29 bits per heavy atom. The molecule has 1 saturated heterocycles. The van der Waals surface area contributed by atoms with Crippen LogP contribution in [0.4, 0.5) is 4.39 Å². The van der Waals surface area contributed by atoms with Crippen LogP contribution in [0.25, 0.3) is 0 Å². The van der Waals surface area contributed by atoms with Crippen LogP contribution in [0, 0.1) is 12.7 Å². The maximum absolute atomic E-state index is 13.9. The summed E-state index contributed by atoms with van der Waals surface area (Å²) in [5.74, 6) is -0.337. The molecule has 0 aliphatic carbocycles. The molecule has 0 N–H and O–H groups in total. The van der Waals surface area contributed by atoms with E-state index in [0.717, 1.165) is 0 Å². The van der Waals surface area contributed by atoms with E-state index in [4.69, 9.17) is 11.6 Å². The minimum Gasteiger partial charge on any atom is -0.336 e. The summed E-state index contributed by atoms with van der Waals surface area (Å²) < 4.78 is 13.9. The van der Waals surface area contributed by atoms with Gasteiger partial charge in [-0.25, -0.2) is 4.39 Å². The van der Waals surface area contributed by atoms with E-state index >= 15 is 0 Å². The number of rotatable bonds is 3. The predicted octanol–water partition coefficient (Wildman–Crippen LogP) is 2.54. The number of benzene rings is 1. The standard InChI is InChI=1S/C17H18ClFN4O/c1-12-9-13(10-20-21-12)17(24)23-7-5-22(6-8-23)11-14-15(18)3-2-4-16(14)19/h2-4,9-10H,5-8,11H2,1H3. The fourth-order valence-electron chi connectivity index (χ4n) is 2.79. The smallest absolute Gasteiger partial charge is 0.255 e. The number of aryl methyl sites for hydroxylation is 1. The molecule has 0 atom stereocenters. The molecule has 1 aromatic heterocycles. The lowest BCUT2D eigenvalue weighted by molar-refractivity contribution is 0.0626. The van der Waals surface area contributed by atoms with Gasteiger partial charge in [-0.3, -0.25) is 9.69 Å². The zero-order valence-corrected chi connectivity index (χ0v) is 14.1. The Labute approximate surface area is 145 Å². The second-order valence-corrected chi connectivity index (χ2v) is 6.26. The summed E-state index contributed by atoms with van der Waals surface area (Å²) in [5, 5.41) is 8.13. The van der Waals surface area contributed by atoms with Gasteiger partial charge in [0.1, 0.15) is 5.82 Å². The van der Waals surface area contributed by atoms with Crippen molar-refractivity contribution in [1.82, 2.24) is 20.0 Å². The number of amides is 1. The molecule has 0 saturated carbocycles. The topological polar surface area (TPSA) is 49.3 Å². The number of aromatic nitrogens is 2. The molecule has 0 spiro atoms. The predicted molar refractivity (Wildman–Crippen MR) is 89.4 cm³/mol. The van der Waals surface area contributed by atoms with Gasteiger partial charge in [0.25, 0.3) is 5.91 Å². The van der Waals surface area contributed by atoms with Gasteiger partial charge in [0, 0.05) is 43.3 Å². The third-order valence-corrected chi connectivity index (χ3v) is 4.48. The monoisotopic (exact) mass is 348 g/mol. The molecule has 7 heteroatoms. The van der Waals surface area contributed by atoms with Crippen LogP contribution in [0.15, 0.2) is 30.5 Å². The highest BCUT2D eigenvalue weighted by molar-refractivity contribution is 6.31. The van der Waals surface area contributed by atoms with E-state index in [9.17, 15) is 9.18 Å². The number of nitrogens with zero attached hydrogens (tertiary/aromatic N) is 4. The lowest BCUT2D eigenvalue weighted by Crippen LogP contribution is -2.48. The highest BCUT2D eigenvalue weighted by atomic mass is 35.5. The van der Waals surface area contributed by atoms with E-state index in [1.165, 1.54) is 12.3 Å². The van der Waals surface area contributed by atoms with E-state index in [2.05, 4.69) is 15.1 Å². The summed E-state index contributed by atoms with van der Waals surface area (Å²) in [7, 11) is 0. The Morgan fingerprint density at radius 2 is 2.04 bits per heavy atom. The van der Waals surface area contributed by atoms with Crippen molar-refractivity contribution >= 4 is 17.5 Å². The largest absolute Gasteiger partial charge is 0.336 e. The molecule has 1 amide bonds. The average Bonchev–Trinajstić information content (AvgIpc) is 2.58. The van der Waals surface area contributed by atoms with Gasteiger partial charge < -0.3 is 4.90 Å². The quantitative estimate of drug-likeness (QED) is 0.855. The fourth-order valence-corrected chi connectivity index (χ4v) is 3.01. The summed E-state index contributed by atoms with van der Waals surface area (Å²) in [6, 6.07) is 6.45. The van der Waals surface area contributed by atoms with Crippen LogP contribution in [-0.4, -0.2) is 52.1 Å². The molecule has 1 aliphatic rings. The molecule has 1 aromatic carbocycles. The van der Waals surface area contributed by atoms with Crippen molar-refractivity contribution in [1.29, 1.82) is 0 Å². The molecule has 126 valence electrons. The molecule has 3 rings (SSSR count). The molecule has 0 bridgehead atoms. The average molecular weight is 349 g/mol. The van der Waals surface area contributed by atoms with Crippen LogP contribution < -0.4 is 0 Å². The number of hydrogen-bond donors (Lipinski definition) is 0. The molecule has 2 heterocycles. The molecule has 5 nitrogen and oxygen atoms in total. The van der Waals surface area contributed by atoms with Crippen molar-refractivity contribution in [2.45, 2.75) is 13.5 Å². The van der Waals surface area contributed by atoms with Crippen molar-refractivity contribution < 1.29 is 9.18 Å². The van der Waals surface area contributed by atoms with Gasteiger partial charge in [0.2, 0.25) is 0 Å². The van der Waals surface area contributed by atoms with Crippen LogP contribution >= 0.6 is 11.6 Å².